The van der Waals surface area contributed by atoms with Crippen molar-refractivity contribution in [2.75, 3.05) is 33.8 Å². The van der Waals surface area contributed by atoms with Crippen molar-refractivity contribution in [1.29, 1.82) is 0 Å². The summed E-state index contributed by atoms with van der Waals surface area (Å²) < 4.78 is 25.6. The molecule has 1 aromatic carbocycles. The average Bonchev–Trinajstić information content (AvgIpc) is 3.02. The number of sulfonamides is 1. The fourth-order valence-corrected chi connectivity index (χ4v) is 3.62. The fourth-order valence-electron chi connectivity index (χ4n) is 2.70. The number of fused-ring (bicyclic) bond motifs is 1. The zero-order valence-electron chi connectivity index (χ0n) is 14.3. The van der Waals surface area contributed by atoms with Crippen LogP contribution in [0.3, 0.4) is 0 Å². The van der Waals surface area contributed by atoms with E-state index in [0.29, 0.717) is 11.0 Å². The molecule has 0 unspecified atom stereocenters. The molecule has 1 aliphatic rings. The van der Waals surface area contributed by atoms with Gasteiger partial charge in [-0.05, 0) is 42.7 Å². The second kappa shape index (κ2) is 6.96. The lowest BCUT2D eigenvalue weighted by atomic mass is 10.1. The van der Waals surface area contributed by atoms with Gasteiger partial charge in [-0.15, -0.1) is 5.10 Å². The van der Waals surface area contributed by atoms with Crippen LogP contribution in [0.15, 0.2) is 23.1 Å². The average molecular weight is 367 g/mol. The zero-order valence-corrected chi connectivity index (χ0v) is 15.1. The third kappa shape index (κ3) is 3.59. The normalized spacial score (nSPS) is 15.7. The van der Waals surface area contributed by atoms with E-state index in [1.807, 2.05) is 0 Å². The summed E-state index contributed by atoms with van der Waals surface area (Å²) in [6, 6.07) is 4.47. The highest BCUT2D eigenvalue weighted by molar-refractivity contribution is 7.89. The highest BCUT2D eigenvalue weighted by Gasteiger charge is 2.20. The summed E-state index contributed by atoms with van der Waals surface area (Å²) in [6.07, 6.45) is 3.15. The fraction of sp³-hybridized carbons (Fsp3) is 0.533. The van der Waals surface area contributed by atoms with Gasteiger partial charge in [0, 0.05) is 27.2 Å². The Morgan fingerprint density at radius 1 is 1.24 bits per heavy atom. The van der Waals surface area contributed by atoms with Crippen molar-refractivity contribution in [1.82, 2.24) is 24.4 Å². The molecule has 3 rings (SSSR count). The Bertz CT molecular complexity index is 871. The Balaban J connectivity index is 1.79. The van der Waals surface area contributed by atoms with E-state index in [-0.39, 0.29) is 17.4 Å². The first-order chi connectivity index (χ1) is 11.9. The van der Waals surface area contributed by atoms with E-state index in [4.69, 9.17) is 4.84 Å². The molecule has 0 spiro atoms. The maximum absolute atomic E-state index is 12.3. The lowest BCUT2D eigenvalue weighted by Crippen LogP contribution is -2.40. The third-order valence-electron chi connectivity index (χ3n) is 4.18. The smallest absolute Gasteiger partial charge is 0.263 e. The Hall–Kier alpha value is -2.20. The van der Waals surface area contributed by atoms with Gasteiger partial charge >= 0.3 is 0 Å². The Labute approximate surface area is 146 Å². The van der Waals surface area contributed by atoms with Crippen LogP contribution in [0.25, 0.3) is 11.0 Å². The summed E-state index contributed by atoms with van der Waals surface area (Å²) in [5, 5.41) is 7.78. The van der Waals surface area contributed by atoms with Crippen LogP contribution in [0.2, 0.25) is 0 Å². The molecule has 9 nitrogen and oxygen atoms in total. The molecular formula is C15H21N5O4S. The van der Waals surface area contributed by atoms with Crippen molar-refractivity contribution in [3.05, 3.63) is 18.2 Å². The number of nitrogens with zero attached hydrogens (tertiary/aromatic N) is 5. The number of piperidine rings is 1. The summed E-state index contributed by atoms with van der Waals surface area (Å²) in [6.45, 7) is 1.32. The maximum Gasteiger partial charge on any atom is 0.263 e. The van der Waals surface area contributed by atoms with E-state index in [1.165, 1.54) is 26.2 Å². The molecule has 1 saturated heterocycles. The molecule has 2 heterocycles. The monoisotopic (exact) mass is 367 g/mol. The van der Waals surface area contributed by atoms with Crippen LogP contribution < -0.4 is 4.84 Å². The summed E-state index contributed by atoms with van der Waals surface area (Å²) in [5.41, 5.74) is 0.887. The highest BCUT2D eigenvalue weighted by Crippen LogP contribution is 2.19. The number of benzene rings is 1. The van der Waals surface area contributed by atoms with Gasteiger partial charge in [-0.25, -0.2) is 12.7 Å². The molecule has 0 saturated carbocycles. The molecule has 0 N–H and O–H groups in total. The molecule has 136 valence electrons. The summed E-state index contributed by atoms with van der Waals surface area (Å²) in [7, 11) is -0.655. The maximum atomic E-state index is 12.3. The number of carbonyl (C=O) groups excluding carboxylic acids is 1. The van der Waals surface area contributed by atoms with Crippen molar-refractivity contribution < 1.29 is 18.0 Å². The van der Waals surface area contributed by atoms with Gasteiger partial charge in [0.25, 0.3) is 5.91 Å². The number of carbonyl (C=O) groups is 1. The predicted molar refractivity (Wildman–Crippen MR) is 90.3 cm³/mol. The zero-order chi connectivity index (χ0) is 18.0. The molecule has 0 bridgehead atoms. The largest absolute Gasteiger partial charge is 0.385 e. The van der Waals surface area contributed by atoms with Gasteiger partial charge in [-0.1, -0.05) is 4.85 Å². The minimum atomic E-state index is -3.58. The minimum Gasteiger partial charge on any atom is -0.385 e. The first-order valence-corrected chi connectivity index (χ1v) is 9.52. The molecular weight excluding hydrogens is 346 g/mol. The van der Waals surface area contributed by atoms with Crippen molar-refractivity contribution in [2.45, 2.75) is 24.2 Å². The first-order valence-electron chi connectivity index (χ1n) is 8.08. The van der Waals surface area contributed by atoms with E-state index < -0.39 is 10.0 Å². The Kier molecular flexibility index (Phi) is 4.91. The van der Waals surface area contributed by atoms with Gasteiger partial charge in [-0.2, -0.15) is 0 Å². The Morgan fingerprint density at radius 3 is 2.64 bits per heavy atom. The second-order valence-corrected chi connectivity index (χ2v) is 8.27. The number of amides is 1. The SMILES string of the molecule is CN(C)S(=O)(=O)c1ccc2nnn(OCC(=O)N3CCCCC3)c2c1. The molecule has 1 fully saturated rings. The lowest BCUT2D eigenvalue weighted by Gasteiger charge is -2.26. The number of likely N-dealkylation sites (tertiary alicyclic amines) is 1. The third-order valence-corrected chi connectivity index (χ3v) is 6.00. The molecule has 1 amide bonds. The van der Waals surface area contributed by atoms with E-state index in [9.17, 15) is 13.2 Å². The molecule has 0 atom stereocenters. The molecule has 1 aromatic heterocycles. The van der Waals surface area contributed by atoms with Gasteiger partial charge in [0.05, 0.1) is 4.90 Å². The van der Waals surface area contributed by atoms with Gasteiger partial charge in [0.15, 0.2) is 6.61 Å². The standard InChI is InChI=1S/C15H21N5O4S/c1-18(2)25(22,23)12-6-7-13-14(10-12)20(17-16-13)24-11-15(21)19-8-4-3-5-9-19/h6-7,10H,3-5,8-9,11H2,1-2H3. The van der Waals surface area contributed by atoms with Gasteiger partial charge < -0.3 is 9.74 Å². The molecule has 25 heavy (non-hydrogen) atoms. The van der Waals surface area contributed by atoms with Gasteiger partial charge in [0.2, 0.25) is 10.0 Å². The van der Waals surface area contributed by atoms with Crippen LogP contribution in [-0.4, -0.2) is 72.5 Å². The van der Waals surface area contributed by atoms with Crippen LogP contribution in [0.1, 0.15) is 19.3 Å². The number of rotatable bonds is 5. The second-order valence-electron chi connectivity index (χ2n) is 6.12. The summed E-state index contributed by atoms with van der Waals surface area (Å²) in [4.78, 5) is 20.6. The predicted octanol–water partition coefficient (Wildman–Crippen LogP) is 0.123. The van der Waals surface area contributed by atoms with Gasteiger partial charge in [0.1, 0.15) is 11.0 Å². The first kappa shape index (κ1) is 17.6. The lowest BCUT2D eigenvalue weighted by molar-refractivity contribution is -0.137. The van der Waals surface area contributed by atoms with Gasteiger partial charge in [-0.3, -0.25) is 4.79 Å². The summed E-state index contributed by atoms with van der Waals surface area (Å²) >= 11 is 0. The van der Waals surface area contributed by atoms with Crippen molar-refractivity contribution in [3.63, 3.8) is 0 Å². The number of hydrogen-bond donors (Lipinski definition) is 0. The molecule has 1 aliphatic heterocycles. The number of aromatic nitrogens is 3. The van der Waals surface area contributed by atoms with Crippen LogP contribution in [0.4, 0.5) is 0 Å². The quantitative estimate of drug-likeness (QED) is 0.745. The van der Waals surface area contributed by atoms with Crippen molar-refractivity contribution >= 4 is 27.0 Å². The molecule has 0 radical (unpaired) electrons. The van der Waals surface area contributed by atoms with E-state index in [1.54, 1.807) is 11.0 Å². The van der Waals surface area contributed by atoms with Crippen molar-refractivity contribution in [3.8, 4) is 0 Å². The highest BCUT2D eigenvalue weighted by atomic mass is 32.2. The van der Waals surface area contributed by atoms with Crippen molar-refractivity contribution in [2.24, 2.45) is 0 Å². The molecule has 0 aliphatic carbocycles. The topological polar surface area (TPSA) is 97.6 Å². The van der Waals surface area contributed by atoms with Crippen LogP contribution in [0.5, 0.6) is 0 Å². The molecule has 10 heteroatoms. The van der Waals surface area contributed by atoms with E-state index in [2.05, 4.69) is 10.3 Å². The van der Waals surface area contributed by atoms with E-state index in [0.717, 1.165) is 41.5 Å². The molecule has 2 aromatic rings. The van der Waals surface area contributed by atoms with Crippen LogP contribution >= 0.6 is 0 Å². The Morgan fingerprint density at radius 2 is 1.96 bits per heavy atom. The van der Waals surface area contributed by atoms with Crippen LogP contribution in [-0.2, 0) is 14.8 Å². The van der Waals surface area contributed by atoms with E-state index >= 15 is 0 Å². The minimum absolute atomic E-state index is 0.111. The van der Waals surface area contributed by atoms with Crippen LogP contribution in [0, 0.1) is 0 Å². The number of hydrogen-bond acceptors (Lipinski definition) is 6. The summed E-state index contributed by atoms with van der Waals surface area (Å²) in [5.74, 6) is -0.111.